The highest BCUT2D eigenvalue weighted by Gasteiger charge is 2.32. The van der Waals surface area contributed by atoms with E-state index in [0.717, 1.165) is 31.2 Å². The van der Waals surface area contributed by atoms with Gasteiger partial charge in [0.05, 0.1) is 5.02 Å². The van der Waals surface area contributed by atoms with Gasteiger partial charge in [-0.05, 0) is 61.8 Å². The highest BCUT2D eigenvalue weighted by Crippen LogP contribution is 2.36. The predicted molar refractivity (Wildman–Crippen MR) is 65.1 cm³/mol. The Bertz CT molecular complexity index is 446. The maximum absolute atomic E-state index is 12.0. The van der Waals surface area contributed by atoms with Crippen LogP contribution in [0.1, 0.15) is 47.2 Å². The largest absolute Gasteiger partial charge is 0.294 e. The van der Waals surface area contributed by atoms with Gasteiger partial charge in [-0.15, -0.1) is 0 Å². The molecule has 2 aliphatic rings. The van der Waals surface area contributed by atoms with Crippen molar-refractivity contribution in [2.75, 3.05) is 0 Å². The third kappa shape index (κ3) is 1.78. The molecular weight excluding hydrogens is 220 g/mol. The van der Waals surface area contributed by atoms with Crippen LogP contribution in [0.3, 0.4) is 0 Å². The molecule has 0 spiro atoms. The molecule has 1 fully saturated rings. The predicted octanol–water partition coefficient (Wildman–Crippen LogP) is 3.81. The lowest BCUT2D eigenvalue weighted by Crippen LogP contribution is -2.08. The van der Waals surface area contributed by atoms with Crippen LogP contribution in [0.4, 0.5) is 0 Å². The first-order valence-electron chi connectivity index (χ1n) is 6.11. The molecule has 0 aromatic heterocycles. The summed E-state index contributed by atoms with van der Waals surface area (Å²) < 4.78 is 0. The van der Waals surface area contributed by atoms with E-state index in [4.69, 9.17) is 11.6 Å². The summed E-state index contributed by atoms with van der Waals surface area (Å²) in [4.78, 5) is 12.0. The Labute approximate surface area is 101 Å². The van der Waals surface area contributed by atoms with Gasteiger partial charge in [0.2, 0.25) is 0 Å². The van der Waals surface area contributed by atoms with Crippen molar-refractivity contribution >= 4 is 17.4 Å². The second kappa shape index (κ2) is 3.89. The highest BCUT2D eigenvalue weighted by atomic mass is 35.5. The molecule has 0 heterocycles. The van der Waals surface area contributed by atoms with Crippen LogP contribution in [0, 0.1) is 5.92 Å². The summed E-state index contributed by atoms with van der Waals surface area (Å²) in [6.45, 7) is 0. The molecule has 0 radical (unpaired) electrons. The molecule has 3 rings (SSSR count). The van der Waals surface area contributed by atoms with Crippen LogP contribution in [-0.4, -0.2) is 5.78 Å². The van der Waals surface area contributed by atoms with Gasteiger partial charge in [0.15, 0.2) is 5.78 Å². The Morgan fingerprint density at radius 1 is 1.12 bits per heavy atom. The summed E-state index contributed by atoms with van der Waals surface area (Å²) in [5, 5.41) is 0.664. The van der Waals surface area contributed by atoms with Gasteiger partial charge in [0.25, 0.3) is 0 Å². The molecule has 0 aliphatic heterocycles. The molecule has 1 aromatic carbocycles. The zero-order chi connectivity index (χ0) is 11.1. The lowest BCUT2D eigenvalue weighted by Gasteiger charge is -2.17. The van der Waals surface area contributed by atoms with Crippen molar-refractivity contribution in [1.29, 1.82) is 0 Å². The van der Waals surface area contributed by atoms with Crippen LogP contribution in [0.2, 0.25) is 5.02 Å². The van der Waals surface area contributed by atoms with E-state index in [0.29, 0.717) is 5.02 Å². The minimum absolute atomic E-state index is 0.262. The van der Waals surface area contributed by atoms with Crippen molar-refractivity contribution in [1.82, 2.24) is 0 Å². The maximum Gasteiger partial charge on any atom is 0.167 e. The van der Waals surface area contributed by atoms with Crippen LogP contribution >= 0.6 is 11.6 Å². The standard InChI is InChI=1S/C14H15ClO/c15-13-8-11-4-2-1-3-10(11)7-12(13)14(16)9-5-6-9/h7-9H,1-6H2. The monoisotopic (exact) mass is 234 g/mol. The third-order valence-corrected chi connectivity index (χ3v) is 3.96. The van der Waals surface area contributed by atoms with Crippen molar-refractivity contribution < 1.29 is 4.79 Å². The minimum atomic E-state index is 0.262. The van der Waals surface area contributed by atoms with E-state index < -0.39 is 0 Å². The van der Waals surface area contributed by atoms with Crippen molar-refractivity contribution in [2.24, 2.45) is 5.92 Å². The Balaban J connectivity index is 2.01. The van der Waals surface area contributed by atoms with Crippen molar-refractivity contribution in [3.05, 3.63) is 33.8 Å². The highest BCUT2D eigenvalue weighted by molar-refractivity contribution is 6.34. The first-order valence-corrected chi connectivity index (χ1v) is 6.49. The van der Waals surface area contributed by atoms with Gasteiger partial charge in [0, 0.05) is 11.5 Å². The quantitative estimate of drug-likeness (QED) is 0.712. The number of ketones is 1. The molecule has 2 aliphatic carbocycles. The Hall–Kier alpha value is -0.820. The fourth-order valence-electron chi connectivity index (χ4n) is 2.51. The number of rotatable bonds is 2. The van der Waals surface area contributed by atoms with E-state index in [-0.39, 0.29) is 11.7 Å². The topological polar surface area (TPSA) is 17.1 Å². The number of Topliss-reactive ketones (excluding diaryl/α,β-unsaturated/α-hetero) is 1. The smallest absolute Gasteiger partial charge is 0.167 e. The number of fused-ring (bicyclic) bond motifs is 1. The number of aryl methyl sites for hydroxylation is 2. The molecule has 0 saturated heterocycles. The summed E-state index contributed by atoms with van der Waals surface area (Å²) in [6.07, 6.45) is 6.81. The van der Waals surface area contributed by atoms with Crippen LogP contribution in [0.15, 0.2) is 12.1 Å². The third-order valence-electron chi connectivity index (χ3n) is 3.65. The zero-order valence-corrected chi connectivity index (χ0v) is 10.0. The number of halogens is 1. The number of carbonyl (C=O) groups is 1. The van der Waals surface area contributed by atoms with Crippen LogP contribution in [-0.2, 0) is 12.8 Å². The number of hydrogen-bond acceptors (Lipinski definition) is 1. The summed E-state index contributed by atoms with van der Waals surface area (Å²) in [7, 11) is 0. The molecule has 0 amide bonds. The summed E-state index contributed by atoms with van der Waals surface area (Å²) in [5.74, 6) is 0.525. The fraction of sp³-hybridized carbons (Fsp3) is 0.500. The number of carbonyl (C=O) groups excluding carboxylic acids is 1. The summed E-state index contributed by atoms with van der Waals surface area (Å²) >= 11 is 6.21. The molecule has 0 unspecified atom stereocenters. The molecule has 2 heteroatoms. The van der Waals surface area contributed by atoms with Crippen molar-refractivity contribution in [2.45, 2.75) is 38.5 Å². The van der Waals surface area contributed by atoms with Crippen LogP contribution in [0.5, 0.6) is 0 Å². The average molecular weight is 235 g/mol. The van der Waals surface area contributed by atoms with E-state index in [9.17, 15) is 4.79 Å². The molecule has 1 nitrogen and oxygen atoms in total. The van der Waals surface area contributed by atoms with E-state index in [1.54, 1.807) is 0 Å². The first kappa shape index (κ1) is 10.3. The minimum Gasteiger partial charge on any atom is -0.294 e. The number of hydrogen-bond donors (Lipinski definition) is 0. The van der Waals surface area contributed by atoms with E-state index in [2.05, 4.69) is 6.07 Å². The molecular formula is C14H15ClO. The van der Waals surface area contributed by atoms with E-state index in [1.807, 2.05) is 6.07 Å². The van der Waals surface area contributed by atoms with Crippen LogP contribution < -0.4 is 0 Å². The van der Waals surface area contributed by atoms with E-state index >= 15 is 0 Å². The van der Waals surface area contributed by atoms with Gasteiger partial charge >= 0.3 is 0 Å². The van der Waals surface area contributed by atoms with Crippen molar-refractivity contribution in [3.63, 3.8) is 0 Å². The van der Waals surface area contributed by atoms with Gasteiger partial charge in [-0.3, -0.25) is 4.79 Å². The lowest BCUT2D eigenvalue weighted by atomic mass is 9.89. The molecule has 0 N–H and O–H groups in total. The first-order chi connectivity index (χ1) is 7.75. The zero-order valence-electron chi connectivity index (χ0n) is 9.26. The Morgan fingerprint density at radius 3 is 2.38 bits per heavy atom. The second-order valence-corrected chi connectivity index (χ2v) is 5.35. The molecule has 84 valence electrons. The molecule has 0 atom stereocenters. The van der Waals surface area contributed by atoms with Gasteiger partial charge in [-0.2, -0.15) is 0 Å². The Morgan fingerprint density at radius 2 is 1.75 bits per heavy atom. The van der Waals surface area contributed by atoms with Gasteiger partial charge in [0.1, 0.15) is 0 Å². The molecule has 16 heavy (non-hydrogen) atoms. The number of benzene rings is 1. The molecule has 1 saturated carbocycles. The summed E-state index contributed by atoms with van der Waals surface area (Å²) in [5.41, 5.74) is 3.47. The second-order valence-electron chi connectivity index (χ2n) is 4.95. The fourth-order valence-corrected chi connectivity index (χ4v) is 2.79. The Kier molecular flexibility index (Phi) is 2.51. The average Bonchev–Trinajstić information content (AvgIpc) is 3.11. The normalized spacial score (nSPS) is 19.3. The lowest BCUT2D eigenvalue weighted by molar-refractivity contribution is 0.0967. The van der Waals surface area contributed by atoms with Gasteiger partial charge < -0.3 is 0 Å². The molecule has 0 bridgehead atoms. The van der Waals surface area contributed by atoms with E-state index in [1.165, 1.54) is 24.0 Å². The van der Waals surface area contributed by atoms with Crippen molar-refractivity contribution in [3.8, 4) is 0 Å². The maximum atomic E-state index is 12.0. The van der Waals surface area contributed by atoms with Crippen LogP contribution in [0.25, 0.3) is 0 Å². The molecule has 1 aromatic rings. The summed E-state index contributed by atoms with van der Waals surface area (Å²) in [6, 6.07) is 4.07. The van der Waals surface area contributed by atoms with Gasteiger partial charge in [-0.25, -0.2) is 0 Å². The van der Waals surface area contributed by atoms with Gasteiger partial charge in [-0.1, -0.05) is 11.6 Å². The SMILES string of the molecule is O=C(c1cc2c(cc1Cl)CCCC2)C1CC1.